The molecule has 0 saturated heterocycles. The standard InChI is InChI=1S/C14H14N2O3/c1-18-12-5-3-4-11(8-12)16-14(17)10-6-7-13(19-2)15-9-10/h3-9H,1-2H3,(H,16,17). The maximum absolute atomic E-state index is 12.0. The van der Waals surface area contributed by atoms with Gasteiger partial charge >= 0.3 is 0 Å². The van der Waals surface area contributed by atoms with Crippen LogP contribution in [0.1, 0.15) is 10.4 Å². The number of hydrogen-bond donors (Lipinski definition) is 1. The summed E-state index contributed by atoms with van der Waals surface area (Å²) in [4.78, 5) is 16.0. The highest BCUT2D eigenvalue weighted by Crippen LogP contribution is 2.17. The molecule has 19 heavy (non-hydrogen) atoms. The molecule has 1 aromatic heterocycles. The Bertz CT molecular complexity index is 567. The second kappa shape index (κ2) is 5.86. The largest absolute Gasteiger partial charge is 0.497 e. The number of aromatic nitrogens is 1. The van der Waals surface area contributed by atoms with Gasteiger partial charge in [-0.25, -0.2) is 4.98 Å². The molecule has 1 aromatic carbocycles. The van der Waals surface area contributed by atoms with Crippen LogP contribution in [-0.4, -0.2) is 25.1 Å². The van der Waals surface area contributed by atoms with Crippen molar-refractivity contribution in [2.75, 3.05) is 19.5 Å². The zero-order valence-electron chi connectivity index (χ0n) is 10.7. The average molecular weight is 258 g/mol. The molecular formula is C14H14N2O3. The average Bonchev–Trinajstić information content (AvgIpc) is 2.47. The van der Waals surface area contributed by atoms with Gasteiger partial charge in [0, 0.05) is 24.0 Å². The molecule has 0 unspecified atom stereocenters. The SMILES string of the molecule is COc1cccc(NC(=O)c2ccc(OC)nc2)c1. The van der Waals surface area contributed by atoms with Crippen LogP contribution in [-0.2, 0) is 0 Å². The van der Waals surface area contributed by atoms with Crippen LogP contribution in [0.25, 0.3) is 0 Å². The second-order valence-corrected chi connectivity index (χ2v) is 3.78. The topological polar surface area (TPSA) is 60.5 Å². The molecule has 0 spiro atoms. The fraction of sp³-hybridized carbons (Fsp3) is 0.143. The number of pyridine rings is 1. The van der Waals surface area contributed by atoms with Gasteiger partial charge in [-0.15, -0.1) is 0 Å². The first-order chi connectivity index (χ1) is 9.22. The minimum Gasteiger partial charge on any atom is -0.497 e. The Morgan fingerprint density at radius 1 is 1.16 bits per heavy atom. The molecule has 0 bridgehead atoms. The predicted molar refractivity (Wildman–Crippen MR) is 71.7 cm³/mol. The third-order valence-corrected chi connectivity index (χ3v) is 2.54. The molecule has 0 fully saturated rings. The highest BCUT2D eigenvalue weighted by atomic mass is 16.5. The van der Waals surface area contributed by atoms with Crippen LogP contribution >= 0.6 is 0 Å². The number of methoxy groups -OCH3 is 2. The number of benzene rings is 1. The molecule has 1 heterocycles. The van der Waals surface area contributed by atoms with Crippen molar-refractivity contribution in [2.45, 2.75) is 0 Å². The molecule has 0 aliphatic heterocycles. The van der Waals surface area contributed by atoms with Crippen LogP contribution < -0.4 is 14.8 Å². The quantitative estimate of drug-likeness (QED) is 0.914. The van der Waals surface area contributed by atoms with Gasteiger partial charge in [-0.3, -0.25) is 4.79 Å². The summed E-state index contributed by atoms with van der Waals surface area (Å²) in [6.45, 7) is 0. The maximum atomic E-state index is 12.0. The Morgan fingerprint density at radius 3 is 2.63 bits per heavy atom. The maximum Gasteiger partial charge on any atom is 0.257 e. The van der Waals surface area contributed by atoms with Crippen molar-refractivity contribution < 1.29 is 14.3 Å². The van der Waals surface area contributed by atoms with E-state index < -0.39 is 0 Å². The summed E-state index contributed by atoms with van der Waals surface area (Å²) in [7, 11) is 3.10. The molecule has 0 aliphatic carbocycles. The lowest BCUT2D eigenvalue weighted by molar-refractivity contribution is 0.102. The van der Waals surface area contributed by atoms with Crippen LogP contribution in [0, 0.1) is 0 Å². The first kappa shape index (κ1) is 12.9. The van der Waals surface area contributed by atoms with Crippen LogP contribution in [0.3, 0.4) is 0 Å². The van der Waals surface area contributed by atoms with Crippen molar-refractivity contribution in [1.29, 1.82) is 0 Å². The van der Waals surface area contributed by atoms with Gasteiger partial charge in [-0.05, 0) is 18.2 Å². The lowest BCUT2D eigenvalue weighted by atomic mass is 10.2. The molecule has 0 atom stereocenters. The van der Waals surface area contributed by atoms with E-state index in [4.69, 9.17) is 9.47 Å². The van der Waals surface area contributed by atoms with Crippen molar-refractivity contribution in [3.63, 3.8) is 0 Å². The van der Waals surface area contributed by atoms with Crippen molar-refractivity contribution in [2.24, 2.45) is 0 Å². The lowest BCUT2D eigenvalue weighted by Crippen LogP contribution is -2.12. The van der Waals surface area contributed by atoms with E-state index in [-0.39, 0.29) is 5.91 Å². The predicted octanol–water partition coefficient (Wildman–Crippen LogP) is 2.35. The van der Waals surface area contributed by atoms with E-state index in [2.05, 4.69) is 10.3 Å². The summed E-state index contributed by atoms with van der Waals surface area (Å²) >= 11 is 0. The highest BCUT2D eigenvalue weighted by Gasteiger charge is 2.07. The molecule has 0 radical (unpaired) electrons. The lowest BCUT2D eigenvalue weighted by Gasteiger charge is -2.07. The number of nitrogens with one attached hydrogen (secondary N) is 1. The van der Waals surface area contributed by atoms with Crippen molar-refractivity contribution in [1.82, 2.24) is 4.98 Å². The first-order valence-corrected chi connectivity index (χ1v) is 5.68. The van der Waals surface area contributed by atoms with Gasteiger partial charge in [0.15, 0.2) is 0 Å². The van der Waals surface area contributed by atoms with E-state index in [1.807, 2.05) is 6.07 Å². The summed E-state index contributed by atoms with van der Waals surface area (Å²) in [5.41, 5.74) is 1.13. The Morgan fingerprint density at radius 2 is 2.00 bits per heavy atom. The molecular weight excluding hydrogens is 244 g/mol. The number of nitrogens with zero attached hydrogens (tertiary/aromatic N) is 1. The summed E-state index contributed by atoms with van der Waals surface area (Å²) < 4.78 is 10.0. The summed E-state index contributed by atoms with van der Waals surface area (Å²) in [5, 5.41) is 2.77. The molecule has 5 nitrogen and oxygen atoms in total. The normalized spacial score (nSPS) is 9.79. The Kier molecular flexibility index (Phi) is 3.97. The van der Waals surface area contributed by atoms with Crippen LogP contribution in [0.2, 0.25) is 0 Å². The number of carbonyl (C=O) groups excluding carboxylic acids is 1. The van der Waals surface area contributed by atoms with E-state index in [1.165, 1.54) is 13.3 Å². The molecule has 1 amide bonds. The van der Waals surface area contributed by atoms with Gasteiger partial charge in [-0.1, -0.05) is 6.07 Å². The zero-order valence-corrected chi connectivity index (χ0v) is 10.7. The molecule has 0 saturated carbocycles. The van der Waals surface area contributed by atoms with E-state index in [9.17, 15) is 4.79 Å². The van der Waals surface area contributed by atoms with Crippen LogP contribution in [0.4, 0.5) is 5.69 Å². The van der Waals surface area contributed by atoms with Gasteiger partial charge in [0.1, 0.15) is 5.75 Å². The smallest absolute Gasteiger partial charge is 0.257 e. The van der Waals surface area contributed by atoms with Gasteiger partial charge in [0.05, 0.1) is 19.8 Å². The molecule has 2 aromatic rings. The van der Waals surface area contributed by atoms with E-state index in [0.29, 0.717) is 22.9 Å². The zero-order chi connectivity index (χ0) is 13.7. The Balaban J connectivity index is 2.11. The number of ether oxygens (including phenoxy) is 2. The summed E-state index contributed by atoms with van der Waals surface area (Å²) in [6.07, 6.45) is 1.47. The van der Waals surface area contributed by atoms with Crippen molar-refractivity contribution in [3.05, 3.63) is 48.2 Å². The highest BCUT2D eigenvalue weighted by molar-refractivity contribution is 6.04. The summed E-state index contributed by atoms with van der Waals surface area (Å²) in [6, 6.07) is 10.4. The number of hydrogen-bond acceptors (Lipinski definition) is 4. The number of anilines is 1. The van der Waals surface area contributed by atoms with E-state index in [1.54, 1.807) is 37.4 Å². The monoisotopic (exact) mass is 258 g/mol. The van der Waals surface area contributed by atoms with Gasteiger partial charge in [-0.2, -0.15) is 0 Å². The number of carbonyl (C=O) groups is 1. The van der Waals surface area contributed by atoms with Crippen LogP contribution in [0.15, 0.2) is 42.6 Å². The molecule has 0 aliphatic rings. The third kappa shape index (κ3) is 3.22. The Labute approximate surface area is 111 Å². The number of amides is 1. The fourth-order valence-electron chi connectivity index (χ4n) is 1.54. The minimum atomic E-state index is -0.233. The second-order valence-electron chi connectivity index (χ2n) is 3.78. The van der Waals surface area contributed by atoms with Crippen molar-refractivity contribution in [3.8, 4) is 11.6 Å². The minimum absolute atomic E-state index is 0.233. The fourth-order valence-corrected chi connectivity index (χ4v) is 1.54. The van der Waals surface area contributed by atoms with Gasteiger partial charge in [0.2, 0.25) is 5.88 Å². The number of rotatable bonds is 4. The van der Waals surface area contributed by atoms with Crippen molar-refractivity contribution >= 4 is 11.6 Å². The van der Waals surface area contributed by atoms with Gasteiger partial charge < -0.3 is 14.8 Å². The van der Waals surface area contributed by atoms with Gasteiger partial charge in [0.25, 0.3) is 5.91 Å². The third-order valence-electron chi connectivity index (χ3n) is 2.54. The van der Waals surface area contributed by atoms with Crippen LogP contribution in [0.5, 0.6) is 11.6 Å². The first-order valence-electron chi connectivity index (χ1n) is 5.68. The molecule has 2 rings (SSSR count). The molecule has 5 heteroatoms. The Hall–Kier alpha value is -2.56. The summed E-state index contributed by atoms with van der Waals surface area (Å²) in [5.74, 6) is 0.923. The molecule has 98 valence electrons. The van der Waals surface area contributed by atoms with E-state index >= 15 is 0 Å². The molecule has 1 N–H and O–H groups in total. The van der Waals surface area contributed by atoms with E-state index in [0.717, 1.165) is 0 Å².